The molecule has 0 atom stereocenters. The van der Waals surface area contributed by atoms with Gasteiger partial charge in [-0.15, -0.1) is 0 Å². The average molecular weight is 436 g/mol. The van der Waals surface area contributed by atoms with E-state index in [9.17, 15) is 8.42 Å². The van der Waals surface area contributed by atoms with Crippen molar-refractivity contribution < 1.29 is 8.42 Å². The number of hydrogen-bond acceptors (Lipinski definition) is 4. The molecule has 0 unspecified atom stereocenters. The number of rotatable bonds is 5. The predicted octanol–water partition coefficient (Wildman–Crippen LogP) is 3.84. The normalized spacial score (nSPS) is 16.2. The van der Waals surface area contributed by atoms with Crippen LogP contribution in [0.5, 0.6) is 0 Å². The Morgan fingerprint density at radius 2 is 1.94 bits per heavy atom. The van der Waals surface area contributed by atoms with Crippen molar-refractivity contribution in [1.29, 1.82) is 0 Å². The molecule has 1 fully saturated rings. The molecule has 1 aromatic carbocycles. The molecule has 8 heteroatoms. The van der Waals surface area contributed by atoms with E-state index in [-0.39, 0.29) is 0 Å². The lowest BCUT2D eigenvalue weighted by Crippen LogP contribution is -2.39. The van der Waals surface area contributed by atoms with Crippen molar-refractivity contribution in [3.63, 3.8) is 0 Å². The molecule has 1 saturated heterocycles. The summed E-state index contributed by atoms with van der Waals surface area (Å²) < 4.78 is 30.0. The molecule has 0 radical (unpaired) electrons. The molecule has 4 aromatic rings. The van der Waals surface area contributed by atoms with E-state index < -0.39 is 10.0 Å². The summed E-state index contributed by atoms with van der Waals surface area (Å²) in [5, 5.41) is 8.09. The number of aryl methyl sites for hydroxylation is 1. The van der Waals surface area contributed by atoms with Crippen LogP contribution in [0.15, 0.2) is 66.2 Å². The van der Waals surface area contributed by atoms with Crippen molar-refractivity contribution in [1.82, 2.24) is 24.1 Å². The fourth-order valence-electron chi connectivity index (χ4n) is 4.45. The third-order valence-electron chi connectivity index (χ3n) is 6.22. The van der Waals surface area contributed by atoms with Crippen LogP contribution < -0.4 is 0 Å². The molecule has 7 nitrogen and oxygen atoms in total. The minimum atomic E-state index is -3.46. The number of hydrogen-bond donors (Lipinski definition) is 1. The minimum Gasteiger partial charge on any atom is -0.347 e. The van der Waals surface area contributed by atoms with Gasteiger partial charge in [-0.3, -0.25) is 10.1 Å². The Morgan fingerprint density at radius 1 is 1.10 bits per heavy atom. The summed E-state index contributed by atoms with van der Waals surface area (Å²) >= 11 is 0. The molecular weight excluding hydrogens is 410 g/mol. The molecular formula is C23H25N5O2S. The maximum atomic E-state index is 13.0. The molecule has 0 aliphatic carbocycles. The third-order valence-corrected chi connectivity index (χ3v) is 8.28. The summed E-state index contributed by atoms with van der Waals surface area (Å²) in [6, 6.07) is 10.2. The van der Waals surface area contributed by atoms with E-state index in [0.29, 0.717) is 29.5 Å². The van der Waals surface area contributed by atoms with Gasteiger partial charge in [0.15, 0.2) is 0 Å². The molecule has 3 aromatic heterocycles. The second-order valence-corrected chi connectivity index (χ2v) is 10.1. The number of piperidine rings is 1. The number of pyridine rings is 1. The Labute approximate surface area is 181 Å². The van der Waals surface area contributed by atoms with E-state index in [1.54, 1.807) is 29.7 Å². The molecule has 0 saturated carbocycles. The monoisotopic (exact) mass is 435 g/mol. The highest BCUT2D eigenvalue weighted by Gasteiger charge is 2.30. The van der Waals surface area contributed by atoms with Gasteiger partial charge in [0.05, 0.1) is 11.1 Å². The maximum Gasteiger partial charge on any atom is 0.243 e. The van der Waals surface area contributed by atoms with E-state index in [4.69, 9.17) is 0 Å². The number of fused-ring (bicyclic) bond motifs is 1. The second kappa shape index (κ2) is 7.94. The lowest BCUT2D eigenvalue weighted by atomic mass is 9.98. The summed E-state index contributed by atoms with van der Waals surface area (Å²) in [6.07, 6.45) is 10.7. The largest absolute Gasteiger partial charge is 0.347 e. The Kier molecular flexibility index (Phi) is 5.11. The van der Waals surface area contributed by atoms with E-state index in [1.165, 1.54) is 10.9 Å². The molecule has 1 aliphatic rings. The first-order valence-electron chi connectivity index (χ1n) is 10.5. The van der Waals surface area contributed by atoms with Crippen molar-refractivity contribution in [2.75, 3.05) is 13.1 Å². The maximum absolute atomic E-state index is 13.0. The Bertz CT molecular complexity index is 1300. The van der Waals surface area contributed by atoms with Gasteiger partial charge in [0.2, 0.25) is 10.0 Å². The molecule has 0 bridgehead atoms. The van der Waals surface area contributed by atoms with E-state index in [0.717, 1.165) is 30.5 Å². The topological polar surface area (TPSA) is 83.9 Å². The number of nitrogens with zero attached hydrogens (tertiary/aromatic N) is 4. The van der Waals surface area contributed by atoms with Crippen LogP contribution in [0.4, 0.5) is 0 Å². The minimum absolute atomic E-state index is 0.366. The fraction of sp³-hybridized carbons (Fsp3) is 0.304. The van der Waals surface area contributed by atoms with Gasteiger partial charge in [-0.25, -0.2) is 8.42 Å². The summed E-state index contributed by atoms with van der Waals surface area (Å²) in [7, 11) is -3.46. The third kappa shape index (κ3) is 3.77. The smallest absolute Gasteiger partial charge is 0.243 e. The molecule has 1 N–H and O–H groups in total. The molecule has 160 valence electrons. The van der Waals surface area contributed by atoms with Gasteiger partial charge in [-0.05, 0) is 61.1 Å². The van der Waals surface area contributed by atoms with Gasteiger partial charge in [0, 0.05) is 60.9 Å². The van der Waals surface area contributed by atoms with E-state index in [1.807, 2.05) is 12.4 Å². The van der Waals surface area contributed by atoms with Crippen LogP contribution in [0.25, 0.3) is 22.0 Å². The van der Waals surface area contributed by atoms with Crippen LogP contribution in [0.3, 0.4) is 0 Å². The van der Waals surface area contributed by atoms with Crippen LogP contribution in [-0.4, -0.2) is 45.6 Å². The highest BCUT2D eigenvalue weighted by molar-refractivity contribution is 7.89. The second-order valence-electron chi connectivity index (χ2n) is 8.22. The van der Waals surface area contributed by atoms with Crippen LogP contribution in [0.1, 0.15) is 18.4 Å². The average Bonchev–Trinajstić information content (AvgIpc) is 3.45. The van der Waals surface area contributed by atoms with Crippen LogP contribution in [0, 0.1) is 12.8 Å². The number of aromatic amines is 1. The zero-order valence-corrected chi connectivity index (χ0v) is 18.2. The molecule has 5 rings (SSSR count). The van der Waals surface area contributed by atoms with Crippen LogP contribution >= 0.6 is 0 Å². The fourth-order valence-corrected chi connectivity index (χ4v) is 6.11. The van der Waals surface area contributed by atoms with Gasteiger partial charge in [-0.1, -0.05) is 6.07 Å². The van der Waals surface area contributed by atoms with Crippen molar-refractivity contribution in [3.05, 3.63) is 66.9 Å². The van der Waals surface area contributed by atoms with Gasteiger partial charge >= 0.3 is 0 Å². The summed E-state index contributed by atoms with van der Waals surface area (Å²) in [5.74, 6) is 0.453. The lowest BCUT2D eigenvalue weighted by Gasteiger charge is -2.31. The highest BCUT2D eigenvalue weighted by atomic mass is 32.2. The Hall–Kier alpha value is -2.97. The van der Waals surface area contributed by atoms with E-state index in [2.05, 4.69) is 50.2 Å². The van der Waals surface area contributed by atoms with Gasteiger partial charge in [0.1, 0.15) is 0 Å². The molecule has 0 amide bonds. The van der Waals surface area contributed by atoms with E-state index >= 15 is 0 Å². The van der Waals surface area contributed by atoms with Gasteiger partial charge in [0.25, 0.3) is 0 Å². The quantitative estimate of drug-likeness (QED) is 0.516. The van der Waals surface area contributed by atoms with Crippen molar-refractivity contribution in [3.8, 4) is 11.1 Å². The first-order chi connectivity index (χ1) is 15.0. The van der Waals surface area contributed by atoms with Gasteiger partial charge in [-0.2, -0.15) is 9.40 Å². The number of benzene rings is 1. The van der Waals surface area contributed by atoms with Crippen LogP contribution in [0.2, 0.25) is 0 Å². The van der Waals surface area contributed by atoms with Crippen LogP contribution in [-0.2, 0) is 16.6 Å². The predicted molar refractivity (Wildman–Crippen MR) is 120 cm³/mol. The number of sulfonamides is 1. The standard InChI is InChI=1S/C23H25N5O2S/c1-17-13-24-8-4-23(17)31(29,30)28-10-5-18(6-11-28)16-27-9-7-20-12-19(2-3-22(20)27)21-14-25-26-15-21/h2-4,7-9,12-15,18H,5-6,10-11,16H2,1H3,(H,25,26). The molecule has 0 spiro atoms. The molecule has 4 heterocycles. The number of nitrogens with one attached hydrogen (secondary N) is 1. The summed E-state index contributed by atoms with van der Waals surface area (Å²) in [4.78, 5) is 4.38. The highest BCUT2D eigenvalue weighted by Crippen LogP contribution is 2.29. The van der Waals surface area contributed by atoms with Crippen molar-refractivity contribution >= 4 is 20.9 Å². The SMILES string of the molecule is Cc1cnccc1S(=O)(=O)N1CCC(Cn2ccc3cc(-c4cn[nH]c4)ccc32)CC1. The van der Waals surface area contributed by atoms with Crippen molar-refractivity contribution in [2.24, 2.45) is 5.92 Å². The zero-order valence-electron chi connectivity index (χ0n) is 17.4. The molecule has 1 aliphatic heterocycles. The summed E-state index contributed by atoms with van der Waals surface area (Å²) in [5.41, 5.74) is 4.12. The lowest BCUT2D eigenvalue weighted by molar-refractivity contribution is 0.254. The Balaban J connectivity index is 1.28. The van der Waals surface area contributed by atoms with Crippen molar-refractivity contribution in [2.45, 2.75) is 31.2 Å². The molecule has 31 heavy (non-hydrogen) atoms. The Morgan fingerprint density at radius 3 is 2.68 bits per heavy atom. The first-order valence-corrected chi connectivity index (χ1v) is 12.0. The number of H-pyrrole nitrogens is 1. The first kappa shape index (κ1) is 20.0. The summed E-state index contributed by atoms with van der Waals surface area (Å²) in [6.45, 7) is 3.80. The van der Waals surface area contributed by atoms with Gasteiger partial charge < -0.3 is 4.57 Å². The number of aromatic nitrogens is 4. The zero-order chi connectivity index (χ0) is 21.4.